The summed E-state index contributed by atoms with van der Waals surface area (Å²) in [6.07, 6.45) is 0. The second-order valence-corrected chi connectivity index (χ2v) is 13.9. The molecule has 1 heterocycles. The fraction of sp³-hybridized carbons (Fsp3) is 0.0189. The van der Waals surface area contributed by atoms with Crippen molar-refractivity contribution in [2.75, 3.05) is 4.90 Å². The number of para-hydroxylation sites is 2. The Hall–Kier alpha value is -7.16. The normalized spacial score (nSPS) is 16.4. The van der Waals surface area contributed by atoms with E-state index in [2.05, 4.69) is 83.8 Å². The van der Waals surface area contributed by atoms with E-state index in [1.807, 2.05) is 91.0 Å². The minimum atomic E-state index is -1.37. The molecule has 2 heteroatoms. The van der Waals surface area contributed by atoms with Crippen molar-refractivity contribution in [1.29, 1.82) is 0 Å². The Kier molecular flexibility index (Phi) is 5.66. The number of nitrogens with zero attached hydrogens (tertiary/aromatic N) is 1. The molecule has 1 aliphatic carbocycles. The van der Waals surface area contributed by atoms with Gasteiger partial charge in [0, 0.05) is 27.8 Å². The third-order valence-electron chi connectivity index (χ3n) is 11.0. The van der Waals surface area contributed by atoms with Gasteiger partial charge in [0.1, 0.15) is 11.2 Å². The lowest BCUT2D eigenvalue weighted by Gasteiger charge is -2.34. The van der Waals surface area contributed by atoms with Crippen molar-refractivity contribution in [3.63, 3.8) is 0 Å². The highest BCUT2D eigenvalue weighted by molar-refractivity contribution is 6.05. The SMILES string of the molecule is [2H]c1c([2H])c([2H])c2c([2H])c(C3(c4ccc5oc6ccccc6c5c4)c4ccccc4-c4cc(N(c5ccccc5)c5ccc(-c6ccccc6)cc5)ccc43)c([2H])c([2H])c2c1[2H]. The molecule has 1 unspecified atom stereocenters. The summed E-state index contributed by atoms with van der Waals surface area (Å²) < 4.78 is 70.5. The topological polar surface area (TPSA) is 16.4 Å². The largest absolute Gasteiger partial charge is 0.456 e. The van der Waals surface area contributed by atoms with Crippen LogP contribution in [0.1, 0.15) is 31.8 Å². The Morgan fingerprint density at radius 2 is 1.09 bits per heavy atom. The first-order chi connectivity index (χ1) is 30.2. The quantitative estimate of drug-likeness (QED) is 0.171. The Morgan fingerprint density at radius 1 is 0.436 bits per heavy atom. The fourth-order valence-electron chi connectivity index (χ4n) is 8.52. The van der Waals surface area contributed by atoms with Gasteiger partial charge in [-0.1, -0.05) is 152 Å². The molecule has 1 aliphatic rings. The van der Waals surface area contributed by atoms with Gasteiger partial charge in [0.2, 0.25) is 0 Å². The van der Waals surface area contributed by atoms with Crippen LogP contribution in [-0.4, -0.2) is 0 Å². The molecule has 258 valence electrons. The lowest BCUT2D eigenvalue weighted by molar-refractivity contribution is 0.668. The minimum absolute atomic E-state index is 0.0852. The van der Waals surface area contributed by atoms with Gasteiger partial charge in [-0.15, -0.1) is 0 Å². The molecule has 0 bridgehead atoms. The first-order valence-corrected chi connectivity index (χ1v) is 18.4. The standard InChI is InChI=1S/C53H35NO/c1-3-13-36(14-4-1)38-24-28-43(29-25-38)54(42-17-5-2-6-18-42)44-30-31-50-47(35-44)45-19-9-11-21-49(45)53(50,40-26-23-37-15-7-8-16-39(37)33-40)41-27-32-52-48(34-41)46-20-10-12-22-51(46)55-52/h1-35H/i7D,8D,15D,16D,23D,26D,33D. The molecule has 1 atom stereocenters. The lowest BCUT2D eigenvalue weighted by atomic mass is 9.67. The second-order valence-electron chi connectivity index (χ2n) is 13.9. The third-order valence-corrected chi connectivity index (χ3v) is 11.0. The molecule has 0 spiro atoms. The van der Waals surface area contributed by atoms with Gasteiger partial charge < -0.3 is 9.32 Å². The molecule has 0 fully saturated rings. The van der Waals surface area contributed by atoms with Crippen LogP contribution in [0.3, 0.4) is 0 Å². The molecule has 0 radical (unpaired) electrons. The number of rotatable bonds is 6. The van der Waals surface area contributed by atoms with E-state index in [1.165, 1.54) is 0 Å². The predicted molar refractivity (Wildman–Crippen MR) is 229 cm³/mol. The van der Waals surface area contributed by atoms with Crippen molar-refractivity contribution in [3.8, 4) is 22.3 Å². The van der Waals surface area contributed by atoms with Gasteiger partial charge in [-0.25, -0.2) is 0 Å². The van der Waals surface area contributed by atoms with Crippen LogP contribution >= 0.6 is 0 Å². The number of hydrogen-bond donors (Lipinski definition) is 0. The highest BCUT2D eigenvalue weighted by atomic mass is 16.3. The van der Waals surface area contributed by atoms with E-state index in [9.17, 15) is 4.11 Å². The summed E-state index contributed by atoms with van der Waals surface area (Å²) in [5, 5.41) is 1.53. The molecule has 0 aliphatic heterocycles. The van der Waals surface area contributed by atoms with Crippen LogP contribution in [-0.2, 0) is 5.41 Å². The summed E-state index contributed by atoms with van der Waals surface area (Å²) in [6.45, 7) is 0. The molecule has 2 nitrogen and oxygen atoms in total. The average Bonchev–Trinajstić information content (AvgIpc) is 3.83. The predicted octanol–water partition coefficient (Wildman–Crippen LogP) is 14.2. The van der Waals surface area contributed by atoms with Crippen molar-refractivity contribution in [2.45, 2.75) is 5.41 Å². The van der Waals surface area contributed by atoms with Crippen LogP contribution in [0.25, 0.3) is 55.0 Å². The van der Waals surface area contributed by atoms with Gasteiger partial charge in [-0.3, -0.25) is 0 Å². The van der Waals surface area contributed by atoms with Gasteiger partial charge in [-0.2, -0.15) is 0 Å². The zero-order valence-electron chi connectivity index (χ0n) is 36.5. The maximum Gasteiger partial charge on any atom is 0.135 e. The first-order valence-electron chi connectivity index (χ1n) is 21.9. The number of hydrogen-bond acceptors (Lipinski definition) is 2. The van der Waals surface area contributed by atoms with E-state index >= 15 is 0 Å². The zero-order valence-corrected chi connectivity index (χ0v) is 29.5. The van der Waals surface area contributed by atoms with E-state index in [4.69, 9.17) is 9.90 Å². The Morgan fingerprint density at radius 3 is 1.95 bits per heavy atom. The minimum Gasteiger partial charge on any atom is -0.456 e. The molecule has 0 N–H and O–H groups in total. The lowest BCUT2D eigenvalue weighted by Crippen LogP contribution is -2.28. The number of anilines is 3. The maximum absolute atomic E-state index is 10.0. The van der Waals surface area contributed by atoms with Gasteiger partial charge in [-0.05, 0) is 116 Å². The molecule has 0 saturated carbocycles. The van der Waals surface area contributed by atoms with Crippen LogP contribution in [0, 0.1) is 0 Å². The van der Waals surface area contributed by atoms with E-state index in [1.54, 1.807) is 0 Å². The zero-order chi connectivity index (χ0) is 42.4. The summed E-state index contributed by atoms with van der Waals surface area (Å²) in [5.74, 6) is 0. The highest BCUT2D eigenvalue weighted by Crippen LogP contribution is 2.58. The molecular weight excluding hydrogens is 667 g/mol. The van der Waals surface area contributed by atoms with Crippen molar-refractivity contribution in [3.05, 3.63) is 234 Å². The Balaban J connectivity index is 1.22. The maximum atomic E-state index is 10.0. The Labute approximate surface area is 330 Å². The summed E-state index contributed by atoms with van der Waals surface area (Å²) in [4.78, 5) is 2.21. The molecule has 1 aromatic heterocycles. The second kappa shape index (κ2) is 12.5. The van der Waals surface area contributed by atoms with Crippen molar-refractivity contribution < 1.29 is 14.0 Å². The van der Waals surface area contributed by atoms with Gasteiger partial charge in [0.05, 0.1) is 15.0 Å². The molecule has 11 rings (SSSR count). The van der Waals surface area contributed by atoms with Crippen LogP contribution in [0.15, 0.2) is 217 Å². The van der Waals surface area contributed by atoms with Crippen LogP contribution in [0.5, 0.6) is 0 Å². The van der Waals surface area contributed by atoms with E-state index in [0.29, 0.717) is 5.58 Å². The third kappa shape index (κ3) is 4.89. The monoisotopic (exact) mass is 708 g/mol. The number of fused-ring (bicyclic) bond motifs is 7. The summed E-state index contributed by atoms with van der Waals surface area (Å²) in [7, 11) is 0. The van der Waals surface area contributed by atoms with Crippen molar-refractivity contribution in [2.24, 2.45) is 0 Å². The summed E-state index contributed by atoms with van der Waals surface area (Å²) in [5.41, 5.74) is 9.27. The van der Waals surface area contributed by atoms with Gasteiger partial charge in [0.15, 0.2) is 0 Å². The first kappa shape index (κ1) is 25.0. The molecule has 9 aromatic carbocycles. The summed E-state index contributed by atoms with van der Waals surface area (Å²) >= 11 is 0. The van der Waals surface area contributed by atoms with Crippen molar-refractivity contribution >= 4 is 49.8 Å². The smallest absolute Gasteiger partial charge is 0.135 e. The Bertz CT molecular complexity index is 3440. The molecule has 0 saturated heterocycles. The fourth-order valence-corrected chi connectivity index (χ4v) is 8.52. The molecular formula is C53H35NO. The van der Waals surface area contributed by atoms with E-state index in [-0.39, 0.29) is 34.5 Å². The van der Waals surface area contributed by atoms with E-state index in [0.717, 1.165) is 72.4 Å². The van der Waals surface area contributed by atoms with Crippen molar-refractivity contribution in [1.82, 2.24) is 0 Å². The number of furan rings is 1. The molecule has 0 amide bonds. The van der Waals surface area contributed by atoms with Crippen LogP contribution < -0.4 is 4.90 Å². The van der Waals surface area contributed by atoms with E-state index < -0.39 is 29.6 Å². The van der Waals surface area contributed by atoms with Gasteiger partial charge >= 0.3 is 0 Å². The summed E-state index contributed by atoms with van der Waals surface area (Å²) in [6, 6.07) is 54.3. The average molecular weight is 709 g/mol. The number of benzene rings is 9. The molecule has 55 heavy (non-hydrogen) atoms. The van der Waals surface area contributed by atoms with Crippen LogP contribution in [0.2, 0.25) is 0 Å². The van der Waals surface area contributed by atoms with Gasteiger partial charge in [0.25, 0.3) is 0 Å². The van der Waals surface area contributed by atoms with Crippen LogP contribution in [0.4, 0.5) is 17.1 Å². The molecule has 10 aromatic rings. The highest BCUT2D eigenvalue weighted by Gasteiger charge is 2.46.